The monoisotopic (exact) mass is 700 g/mol. The van der Waals surface area contributed by atoms with Gasteiger partial charge in [0, 0.05) is 24.3 Å². The number of likely N-dealkylation sites (N-methyl/N-ethyl adjacent to an activating group) is 2. The minimum Gasteiger partial charge on any atom is -0.344 e. The number of aromatic amines is 2. The second kappa shape index (κ2) is 15.8. The molecule has 272 valence electrons. The SMILES string of the molecule is CCCN(Cc1nc2ccc(-c3ccc4c(c3)CCc3[nH]c([C@@H]5CCCN5C(=O)CNCC)nc3-4)cc2[nH]1)C(=O)[C@@H](c1ccccc1)N(CC)CC. The molecular weight excluding hydrogens is 649 g/mol. The van der Waals surface area contributed by atoms with E-state index in [-0.39, 0.29) is 23.9 Å². The van der Waals surface area contributed by atoms with Crippen molar-refractivity contribution in [3.05, 3.63) is 95.2 Å². The molecular formula is C42H52N8O2. The van der Waals surface area contributed by atoms with Gasteiger partial charge in [-0.15, -0.1) is 0 Å². The lowest BCUT2D eigenvalue weighted by molar-refractivity contribution is -0.138. The molecule has 2 aliphatic rings. The lowest BCUT2D eigenvalue weighted by Crippen LogP contribution is -2.43. The van der Waals surface area contributed by atoms with Crippen molar-refractivity contribution in [3.63, 3.8) is 0 Å². The van der Waals surface area contributed by atoms with Gasteiger partial charge in [-0.3, -0.25) is 14.5 Å². The van der Waals surface area contributed by atoms with Crippen LogP contribution in [0, 0.1) is 0 Å². The number of fused-ring (bicyclic) bond motifs is 4. The van der Waals surface area contributed by atoms with E-state index < -0.39 is 0 Å². The van der Waals surface area contributed by atoms with E-state index in [2.05, 4.69) is 89.5 Å². The maximum atomic E-state index is 14.2. The molecule has 1 saturated heterocycles. The Morgan fingerprint density at radius 1 is 0.942 bits per heavy atom. The summed E-state index contributed by atoms with van der Waals surface area (Å²) >= 11 is 0. The van der Waals surface area contributed by atoms with Crippen LogP contribution in [0.3, 0.4) is 0 Å². The van der Waals surface area contributed by atoms with E-state index in [0.717, 1.165) is 109 Å². The van der Waals surface area contributed by atoms with Crippen LogP contribution in [0.25, 0.3) is 33.4 Å². The molecule has 0 bridgehead atoms. The molecule has 1 fully saturated rings. The summed E-state index contributed by atoms with van der Waals surface area (Å²) in [6.07, 6.45) is 4.62. The van der Waals surface area contributed by atoms with Crippen molar-refractivity contribution in [2.24, 2.45) is 0 Å². The van der Waals surface area contributed by atoms with Gasteiger partial charge in [0.25, 0.3) is 0 Å². The Balaban J connectivity index is 1.10. The molecule has 52 heavy (non-hydrogen) atoms. The molecule has 3 heterocycles. The van der Waals surface area contributed by atoms with Crippen molar-refractivity contribution in [2.75, 3.05) is 39.3 Å². The van der Waals surface area contributed by atoms with Crippen LogP contribution in [0.4, 0.5) is 0 Å². The number of amides is 2. The summed E-state index contributed by atoms with van der Waals surface area (Å²) in [6.45, 7) is 13.0. The van der Waals surface area contributed by atoms with E-state index in [9.17, 15) is 9.59 Å². The van der Waals surface area contributed by atoms with Crippen LogP contribution in [0.1, 0.15) is 87.5 Å². The molecule has 3 N–H and O–H groups in total. The van der Waals surface area contributed by atoms with Gasteiger partial charge in [0.05, 0.1) is 35.9 Å². The van der Waals surface area contributed by atoms with E-state index in [1.54, 1.807) is 0 Å². The predicted octanol–water partition coefficient (Wildman–Crippen LogP) is 6.81. The second-order valence-electron chi connectivity index (χ2n) is 14.1. The molecule has 2 aromatic heterocycles. The molecule has 5 aromatic rings. The lowest BCUT2D eigenvalue weighted by atomic mass is 9.89. The highest BCUT2D eigenvalue weighted by Crippen LogP contribution is 2.38. The minimum absolute atomic E-state index is 0.00495. The topological polar surface area (TPSA) is 113 Å². The zero-order chi connectivity index (χ0) is 36.2. The first kappa shape index (κ1) is 35.6. The van der Waals surface area contributed by atoms with Gasteiger partial charge in [-0.05, 0) is 86.1 Å². The number of benzene rings is 3. The van der Waals surface area contributed by atoms with Crippen LogP contribution in [0.15, 0.2) is 66.7 Å². The molecule has 0 unspecified atom stereocenters. The second-order valence-corrected chi connectivity index (χ2v) is 14.1. The number of H-pyrrole nitrogens is 2. The van der Waals surface area contributed by atoms with E-state index in [1.807, 2.05) is 34.9 Å². The fraction of sp³-hybridized carbons (Fsp3) is 0.429. The third kappa shape index (κ3) is 7.14. The number of hydrogen-bond acceptors (Lipinski definition) is 6. The summed E-state index contributed by atoms with van der Waals surface area (Å²) in [5, 5.41) is 3.18. The molecule has 1 aliphatic heterocycles. The first-order valence-electron chi connectivity index (χ1n) is 19.2. The highest BCUT2D eigenvalue weighted by Gasteiger charge is 2.34. The molecule has 2 atom stereocenters. The molecule has 1 aliphatic carbocycles. The Morgan fingerprint density at radius 2 is 1.73 bits per heavy atom. The number of imidazole rings is 2. The number of rotatable bonds is 14. The summed E-state index contributed by atoms with van der Waals surface area (Å²) in [5.41, 5.74) is 9.78. The first-order chi connectivity index (χ1) is 25.4. The summed E-state index contributed by atoms with van der Waals surface area (Å²) in [4.78, 5) is 50.5. The van der Waals surface area contributed by atoms with Crippen molar-refractivity contribution >= 4 is 22.8 Å². The van der Waals surface area contributed by atoms with E-state index in [1.165, 1.54) is 11.1 Å². The number of nitrogens with zero attached hydrogens (tertiary/aromatic N) is 5. The molecule has 7 rings (SSSR count). The van der Waals surface area contributed by atoms with Crippen LogP contribution in [0.5, 0.6) is 0 Å². The number of hydrogen-bond donors (Lipinski definition) is 3. The molecule has 2 amide bonds. The maximum absolute atomic E-state index is 14.2. The fourth-order valence-corrected chi connectivity index (χ4v) is 8.09. The minimum atomic E-state index is -0.332. The van der Waals surface area contributed by atoms with Crippen molar-refractivity contribution < 1.29 is 9.59 Å². The molecule has 0 spiro atoms. The Kier molecular flexibility index (Phi) is 10.8. The summed E-state index contributed by atoms with van der Waals surface area (Å²) < 4.78 is 0. The lowest BCUT2D eigenvalue weighted by Gasteiger charge is -2.33. The van der Waals surface area contributed by atoms with Crippen LogP contribution >= 0.6 is 0 Å². The Bertz CT molecular complexity index is 2010. The average molecular weight is 701 g/mol. The van der Waals surface area contributed by atoms with Gasteiger partial charge >= 0.3 is 0 Å². The Morgan fingerprint density at radius 3 is 2.50 bits per heavy atom. The normalized spacial score (nSPS) is 15.9. The third-order valence-electron chi connectivity index (χ3n) is 10.8. The van der Waals surface area contributed by atoms with Gasteiger partial charge < -0.3 is 25.1 Å². The largest absolute Gasteiger partial charge is 0.344 e. The quantitative estimate of drug-likeness (QED) is 0.117. The van der Waals surface area contributed by atoms with Crippen molar-refractivity contribution in [1.29, 1.82) is 0 Å². The van der Waals surface area contributed by atoms with E-state index in [0.29, 0.717) is 19.6 Å². The van der Waals surface area contributed by atoms with Gasteiger partial charge in [-0.1, -0.05) is 82.3 Å². The number of aromatic nitrogens is 4. The standard InChI is InChI=1S/C42H52N8O2/c1-5-22-49(42(52)40(48(7-3)8-4)28-13-10-9-11-14-28)27-37-44-33-20-17-30(25-35(33)45-37)29-16-19-32-31(24-29)18-21-34-39(32)47-41(46-34)36-15-12-23-50(36)38(51)26-43-6-2/h9-11,13-14,16-17,19-20,24-25,36,40,43H,5-8,12,15,18,21-23,26-27H2,1-4H3,(H,44,45)(H,46,47)/t36-,40+/m0/s1. The number of nitrogens with one attached hydrogen (secondary N) is 3. The van der Waals surface area contributed by atoms with Gasteiger partial charge in [-0.2, -0.15) is 0 Å². The number of likely N-dealkylation sites (tertiary alicyclic amines) is 1. The highest BCUT2D eigenvalue weighted by atomic mass is 16.2. The average Bonchev–Trinajstić information content (AvgIpc) is 3.94. The molecule has 10 nitrogen and oxygen atoms in total. The van der Waals surface area contributed by atoms with Gasteiger partial charge in [-0.25, -0.2) is 9.97 Å². The maximum Gasteiger partial charge on any atom is 0.244 e. The van der Waals surface area contributed by atoms with Crippen LogP contribution < -0.4 is 5.32 Å². The fourth-order valence-electron chi connectivity index (χ4n) is 8.09. The molecule has 0 saturated carbocycles. The van der Waals surface area contributed by atoms with E-state index in [4.69, 9.17) is 9.97 Å². The number of carbonyl (C=O) groups excluding carboxylic acids is 2. The highest BCUT2D eigenvalue weighted by molar-refractivity contribution is 5.85. The molecule has 3 aromatic carbocycles. The van der Waals surface area contributed by atoms with Crippen LogP contribution in [0.2, 0.25) is 0 Å². The Hall–Kier alpha value is -4.80. The third-order valence-corrected chi connectivity index (χ3v) is 10.8. The Labute approximate surface area is 307 Å². The van der Waals surface area contributed by atoms with Crippen molar-refractivity contribution in [2.45, 2.75) is 78.4 Å². The van der Waals surface area contributed by atoms with Crippen molar-refractivity contribution in [3.8, 4) is 22.4 Å². The first-order valence-corrected chi connectivity index (χ1v) is 19.2. The van der Waals surface area contributed by atoms with Gasteiger partial charge in [0.2, 0.25) is 11.8 Å². The summed E-state index contributed by atoms with van der Waals surface area (Å²) in [7, 11) is 0. The smallest absolute Gasteiger partial charge is 0.244 e. The number of carbonyl (C=O) groups is 2. The van der Waals surface area contributed by atoms with Crippen LogP contribution in [-0.4, -0.2) is 85.7 Å². The summed E-state index contributed by atoms with van der Waals surface area (Å²) in [6, 6.07) is 22.9. The zero-order valence-electron chi connectivity index (χ0n) is 31.0. The van der Waals surface area contributed by atoms with Crippen molar-refractivity contribution in [1.82, 2.24) is 40.0 Å². The predicted molar refractivity (Wildman–Crippen MR) is 207 cm³/mol. The van der Waals surface area contributed by atoms with Crippen LogP contribution in [-0.2, 0) is 29.0 Å². The molecule has 10 heteroatoms. The van der Waals surface area contributed by atoms with E-state index >= 15 is 0 Å². The summed E-state index contributed by atoms with van der Waals surface area (Å²) in [5.74, 6) is 1.95. The zero-order valence-corrected chi connectivity index (χ0v) is 31.0. The van der Waals surface area contributed by atoms with Gasteiger partial charge in [0.15, 0.2) is 0 Å². The van der Waals surface area contributed by atoms with Gasteiger partial charge in [0.1, 0.15) is 17.7 Å². The molecule has 0 radical (unpaired) electrons. The number of aryl methyl sites for hydroxylation is 2.